The maximum atomic E-state index is 12.7. The van der Waals surface area contributed by atoms with Crippen molar-refractivity contribution in [1.29, 1.82) is 0 Å². The molecule has 6 N–H and O–H groups in total. The van der Waals surface area contributed by atoms with Crippen LogP contribution < -0.4 is 0 Å². The summed E-state index contributed by atoms with van der Waals surface area (Å²) in [7, 11) is 4.12. The number of ether oxygens (including phenoxy) is 4. The summed E-state index contributed by atoms with van der Waals surface area (Å²) in [5.41, 5.74) is 0. The van der Waals surface area contributed by atoms with Gasteiger partial charge in [-0.15, -0.1) is 0 Å². The van der Waals surface area contributed by atoms with Crippen molar-refractivity contribution >= 4 is 47.0 Å². The van der Waals surface area contributed by atoms with Gasteiger partial charge in [-0.05, 0) is 0 Å². The highest BCUT2D eigenvalue weighted by atomic mass is 31.2. The number of phosphoric acid groups is 3. The summed E-state index contributed by atoms with van der Waals surface area (Å²) in [4.78, 5) is 30.0. The largest absolute Gasteiger partial charge is 0.472 e. The highest BCUT2D eigenvalue weighted by Gasteiger charge is 2.50. The van der Waals surface area contributed by atoms with Crippen molar-refractivity contribution < 1.29 is 89.8 Å². The molecular formula is C17H30B3O19P3. The zero-order valence-corrected chi connectivity index (χ0v) is 24.8. The molecule has 0 aromatic carbocycles. The summed E-state index contributed by atoms with van der Waals surface area (Å²) in [5, 5.41) is 30.5. The molecule has 236 valence electrons. The van der Waals surface area contributed by atoms with E-state index in [1.807, 2.05) is 0 Å². The molecular weight excluding hydrogens is 634 g/mol. The van der Waals surface area contributed by atoms with Crippen LogP contribution in [0, 0.1) is 0 Å². The molecule has 3 aliphatic heterocycles. The number of aliphatic hydroxyl groups excluding tert-OH is 3. The zero-order valence-electron chi connectivity index (χ0n) is 22.1. The quantitative estimate of drug-likeness (QED) is 0.0734. The van der Waals surface area contributed by atoms with Crippen molar-refractivity contribution in [3.05, 3.63) is 0 Å². The fourth-order valence-corrected chi connectivity index (χ4v) is 6.74. The van der Waals surface area contributed by atoms with Crippen LogP contribution >= 0.6 is 23.5 Å². The van der Waals surface area contributed by atoms with Gasteiger partial charge in [0.25, 0.3) is 0 Å². The summed E-state index contributed by atoms with van der Waals surface area (Å²) in [6, 6.07) is -4.19. The van der Waals surface area contributed by atoms with Gasteiger partial charge in [-0.3, -0.25) is 27.1 Å². The minimum atomic E-state index is -5.15. The Balaban J connectivity index is 1.61. The first-order chi connectivity index (χ1) is 19.4. The van der Waals surface area contributed by atoms with E-state index in [1.54, 1.807) is 0 Å². The second-order valence-corrected chi connectivity index (χ2v) is 13.6. The Morgan fingerprint density at radius 2 is 0.905 bits per heavy atom. The lowest BCUT2D eigenvalue weighted by molar-refractivity contribution is -0.0421. The van der Waals surface area contributed by atoms with Crippen LogP contribution in [0.15, 0.2) is 0 Å². The van der Waals surface area contributed by atoms with Crippen molar-refractivity contribution in [2.24, 2.45) is 0 Å². The van der Waals surface area contributed by atoms with E-state index >= 15 is 0 Å². The van der Waals surface area contributed by atoms with E-state index in [4.69, 9.17) is 65.1 Å². The van der Waals surface area contributed by atoms with Crippen LogP contribution in [0.3, 0.4) is 0 Å². The molecule has 0 aromatic rings. The Kier molecular flexibility index (Phi) is 12.9. The van der Waals surface area contributed by atoms with Crippen LogP contribution in [0.4, 0.5) is 0 Å². The monoisotopic (exact) mass is 664 g/mol. The summed E-state index contributed by atoms with van der Waals surface area (Å²) in [5.74, 6) is 0. The summed E-state index contributed by atoms with van der Waals surface area (Å²) in [6.07, 6.45) is -13.8. The van der Waals surface area contributed by atoms with Gasteiger partial charge in [0.05, 0.1) is 19.8 Å². The normalized spacial score (nSPS) is 43.1. The molecule has 0 aliphatic carbocycles. The second kappa shape index (κ2) is 14.8. The summed E-state index contributed by atoms with van der Waals surface area (Å²) < 4.78 is 86.2. The van der Waals surface area contributed by atoms with E-state index in [1.165, 1.54) is 7.11 Å². The van der Waals surface area contributed by atoms with Crippen molar-refractivity contribution in [3.63, 3.8) is 0 Å². The Labute approximate surface area is 244 Å². The smallest absolute Gasteiger partial charge is 0.388 e. The molecule has 3 fully saturated rings. The van der Waals surface area contributed by atoms with Crippen molar-refractivity contribution in [2.45, 2.75) is 72.9 Å². The Hall–Kier alpha value is 0.245. The molecule has 19 nitrogen and oxygen atoms in total. The van der Waals surface area contributed by atoms with Crippen LogP contribution in [-0.4, -0.2) is 161 Å². The minimum Gasteiger partial charge on any atom is -0.388 e. The van der Waals surface area contributed by atoms with Crippen LogP contribution in [0.5, 0.6) is 0 Å². The Morgan fingerprint density at radius 1 is 0.595 bits per heavy atom. The molecule has 3 aliphatic rings. The first-order valence-corrected chi connectivity index (χ1v) is 16.5. The summed E-state index contributed by atoms with van der Waals surface area (Å²) in [6.45, 7) is -1.93. The molecule has 3 saturated heterocycles. The van der Waals surface area contributed by atoms with Crippen LogP contribution in [0.25, 0.3) is 0 Å². The number of rotatable bonds is 15. The zero-order chi connectivity index (χ0) is 31.6. The first-order valence-electron chi connectivity index (χ1n) is 12.0. The van der Waals surface area contributed by atoms with E-state index in [2.05, 4.69) is 4.52 Å². The van der Waals surface area contributed by atoms with Gasteiger partial charge in [0.15, 0.2) is 0 Å². The highest BCUT2D eigenvalue weighted by Crippen LogP contribution is 2.51. The molecule has 15 unspecified atom stereocenters. The third-order valence-electron chi connectivity index (χ3n) is 6.25. The lowest BCUT2D eigenvalue weighted by atomic mass is 9.93. The van der Waals surface area contributed by atoms with Crippen molar-refractivity contribution in [1.82, 2.24) is 0 Å². The van der Waals surface area contributed by atoms with Crippen molar-refractivity contribution in [2.75, 3.05) is 34.0 Å². The van der Waals surface area contributed by atoms with E-state index in [-0.39, 0.29) is 6.61 Å². The van der Waals surface area contributed by atoms with Crippen LogP contribution in [0.1, 0.15) is 0 Å². The fraction of sp³-hybridized carbons (Fsp3) is 1.00. The molecule has 25 heteroatoms. The Morgan fingerprint density at radius 3 is 1.21 bits per heavy atom. The van der Waals surface area contributed by atoms with E-state index in [0.29, 0.717) is 0 Å². The van der Waals surface area contributed by atoms with E-state index in [9.17, 15) is 43.7 Å². The first kappa shape index (κ1) is 36.7. The number of aliphatic hydroxyl groups is 3. The van der Waals surface area contributed by atoms with Gasteiger partial charge in [-0.25, -0.2) is 13.7 Å². The average Bonchev–Trinajstić information content (AvgIpc) is 3.43. The van der Waals surface area contributed by atoms with Gasteiger partial charge in [0.1, 0.15) is 78.5 Å². The molecule has 0 saturated carbocycles. The molecule has 0 aromatic heterocycles. The van der Waals surface area contributed by atoms with Crippen LogP contribution in [-0.2, 0) is 59.8 Å². The maximum absolute atomic E-state index is 12.7. The standard InChI is InChI=1S/C17H30B3O19P3/c1-30-3-6-12(9(21)15(18)34-6)38-41(26,27)33-5-8-14(11(23)17(20)36-8)39-42(28,29)32-4-7-13(10(22)16(19)35-7)37-40(24,25)31-2/h6-17,21-23H,3-5H2,1-2H3,(H,24,25)(H,26,27)(H,28,29). The van der Waals surface area contributed by atoms with Gasteiger partial charge in [-0.1, -0.05) is 0 Å². The van der Waals surface area contributed by atoms with Crippen molar-refractivity contribution in [3.8, 4) is 0 Å². The SMILES string of the molecule is [B]C1OC(COP(=O)(O)OC2C(COP(=O)(O)OC3C(COC)OC([B])C3O)OC([B])C2O)C(OP(=O)(O)OC)C1O. The predicted octanol–water partition coefficient (Wildman–Crippen LogP) is -3.47. The number of hydrogen-bond acceptors (Lipinski definition) is 16. The number of hydrogen-bond donors (Lipinski definition) is 6. The molecule has 0 spiro atoms. The second-order valence-electron chi connectivity index (χ2n) is 9.23. The van der Waals surface area contributed by atoms with Gasteiger partial charge in [0, 0.05) is 32.2 Å². The third kappa shape index (κ3) is 9.39. The highest BCUT2D eigenvalue weighted by molar-refractivity contribution is 7.48. The van der Waals surface area contributed by atoms with Gasteiger partial charge in [-0.2, -0.15) is 0 Å². The third-order valence-corrected chi connectivity index (χ3v) is 9.19. The molecule has 0 bridgehead atoms. The number of phosphoric ester groups is 3. The Bertz CT molecular complexity index is 1040. The molecule has 42 heavy (non-hydrogen) atoms. The number of methoxy groups -OCH3 is 1. The lowest BCUT2D eigenvalue weighted by Gasteiger charge is -2.26. The fourth-order valence-electron chi connectivity index (χ4n) is 4.16. The molecule has 3 heterocycles. The average molecular weight is 664 g/mol. The molecule has 15 atom stereocenters. The maximum Gasteiger partial charge on any atom is 0.472 e. The molecule has 3 rings (SSSR count). The van der Waals surface area contributed by atoms with Crippen LogP contribution in [0.2, 0.25) is 0 Å². The summed E-state index contributed by atoms with van der Waals surface area (Å²) >= 11 is 0. The topological polar surface area (TPSA) is 265 Å². The van der Waals surface area contributed by atoms with Gasteiger partial charge >= 0.3 is 23.5 Å². The van der Waals surface area contributed by atoms with E-state index in [0.717, 1.165) is 7.11 Å². The minimum absolute atomic E-state index is 0.154. The van der Waals surface area contributed by atoms with E-state index < -0.39 is 110 Å². The molecule has 0 amide bonds. The van der Waals surface area contributed by atoms with Gasteiger partial charge < -0.3 is 48.9 Å². The lowest BCUT2D eigenvalue weighted by Crippen LogP contribution is -2.38. The van der Waals surface area contributed by atoms with Gasteiger partial charge in [0.2, 0.25) is 0 Å². The molecule has 6 radical (unpaired) electrons. The predicted molar refractivity (Wildman–Crippen MR) is 136 cm³/mol.